The number of hydrogen-bond donors (Lipinski definition) is 1. The van der Waals surface area contributed by atoms with Crippen LogP contribution in [0.15, 0.2) is 60.7 Å². The Kier molecular flexibility index (Phi) is 6.11. The van der Waals surface area contributed by atoms with Crippen LogP contribution < -0.4 is 9.47 Å². The molecule has 1 aliphatic heterocycles. The first-order chi connectivity index (χ1) is 15.4. The molecule has 1 heterocycles. The van der Waals surface area contributed by atoms with E-state index in [0.29, 0.717) is 34.1 Å². The number of carboxylic acid groups (broad SMARTS) is 1. The molecule has 1 N–H and O–H groups in total. The highest BCUT2D eigenvalue weighted by Gasteiger charge is 2.29. The number of ketones is 1. The number of halogens is 1. The number of carbonyl (C=O) groups is 2. The summed E-state index contributed by atoms with van der Waals surface area (Å²) >= 11 is 5.88. The van der Waals surface area contributed by atoms with Crippen LogP contribution in [0.2, 0.25) is 5.02 Å². The third-order valence-corrected chi connectivity index (χ3v) is 5.50. The normalized spacial score (nSPS) is 14.6. The Balaban J connectivity index is 1.52. The van der Waals surface area contributed by atoms with Gasteiger partial charge in [0.25, 0.3) is 0 Å². The van der Waals surface area contributed by atoms with E-state index in [2.05, 4.69) is 0 Å². The minimum absolute atomic E-state index is 0.0431. The van der Waals surface area contributed by atoms with Gasteiger partial charge in [-0.25, -0.2) is 0 Å². The third kappa shape index (κ3) is 4.58. The van der Waals surface area contributed by atoms with Gasteiger partial charge in [0, 0.05) is 28.6 Å². The van der Waals surface area contributed by atoms with Gasteiger partial charge in [0.1, 0.15) is 23.3 Å². The summed E-state index contributed by atoms with van der Waals surface area (Å²) in [5.41, 5.74) is 2.08. The van der Waals surface area contributed by atoms with Crippen molar-refractivity contribution in [2.24, 2.45) is 0 Å². The van der Waals surface area contributed by atoms with Crippen molar-refractivity contribution in [3.63, 3.8) is 0 Å². The second kappa shape index (κ2) is 9.13. The Morgan fingerprint density at radius 2 is 1.84 bits per heavy atom. The molecule has 0 saturated carbocycles. The van der Waals surface area contributed by atoms with Gasteiger partial charge in [-0.1, -0.05) is 23.7 Å². The summed E-state index contributed by atoms with van der Waals surface area (Å²) in [4.78, 5) is 24.0. The molecule has 6 nitrogen and oxygen atoms in total. The lowest BCUT2D eigenvalue weighted by molar-refractivity contribution is -0.139. The molecule has 7 heteroatoms. The standard InChI is InChI=1S/C25H18ClNO5/c26-18-5-1-15(2-6-18)11-22(28)16-3-7-19(8-4-16)32-23-13-24-21(12-17(23)14-27)20(25(29)30)9-10-31-24/h1-8,12-13,20H,9-11H2,(H,29,30). The van der Waals surface area contributed by atoms with Crippen molar-refractivity contribution in [2.45, 2.75) is 18.8 Å². The first-order valence-corrected chi connectivity index (χ1v) is 10.3. The number of nitriles is 1. The van der Waals surface area contributed by atoms with Crippen molar-refractivity contribution in [3.8, 4) is 23.3 Å². The second-order valence-corrected chi connectivity index (χ2v) is 7.82. The molecule has 4 rings (SSSR count). The molecule has 3 aromatic carbocycles. The summed E-state index contributed by atoms with van der Waals surface area (Å²) < 4.78 is 11.4. The van der Waals surface area contributed by atoms with Crippen LogP contribution in [-0.4, -0.2) is 23.5 Å². The number of fused-ring (bicyclic) bond motifs is 1. The number of rotatable bonds is 6. The number of carboxylic acids is 1. The van der Waals surface area contributed by atoms with Gasteiger partial charge >= 0.3 is 5.97 Å². The molecular weight excluding hydrogens is 430 g/mol. The number of Topliss-reactive ketones (excluding diaryl/α,β-unsaturated/α-hetero) is 1. The number of carbonyl (C=O) groups excluding carboxylic acids is 1. The van der Waals surface area contributed by atoms with Gasteiger partial charge in [0.05, 0.1) is 18.1 Å². The van der Waals surface area contributed by atoms with E-state index in [-0.39, 0.29) is 30.1 Å². The highest BCUT2D eigenvalue weighted by atomic mass is 35.5. The molecule has 1 aliphatic rings. The van der Waals surface area contributed by atoms with Gasteiger partial charge in [-0.3, -0.25) is 9.59 Å². The molecule has 0 saturated heterocycles. The van der Waals surface area contributed by atoms with Crippen molar-refractivity contribution in [1.82, 2.24) is 0 Å². The predicted octanol–water partition coefficient (Wildman–Crippen LogP) is 5.38. The fourth-order valence-electron chi connectivity index (χ4n) is 3.57. The Morgan fingerprint density at radius 3 is 2.50 bits per heavy atom. The maximum absolute atomic E-state index is 12.5. The van der Waals surface area contributed by atoms with Gasteiger partial charge in [-0.2, -0.15) is 5.26 Å². The topological polar surface area (TPSA) is 96.6 Å². The van der Waals surface area contributed by atoms with Gasteiger partial charge in [0.2, 0.25) is 0 Å². The highest BCUT2D eigenvalue weighted by Crippen LogP contribution is 2.39. The minimum atomic E-state index is -0.953. The van der Waals surface area contributed by atoms with E-state index in [1.54, 1.807) is 42.5 Å². The number of aliphatic carboxylic acids is 1. The largest absolute Gasteiger partial charge is 0.493 e. The molecule has 3 aromatic rings. The van der Waals surface area contributed by atoms with Crippen LogP contribution in [0, 0.1) is 11.3 Å². The van der Waals surface area contributed by atoms with Crippen LogP contribution in [0.4, 0.5) is 0 Å². The van der Waals surface area contributed by atoms with E-state index >= 15 is 0 Å². The fraction of sp³-hybridized carbons (Fsp3) is 0.160. The van der Waals surface area contributed by atoms with Crippen LogP contribution in [0.1, 0.15) is 39.4 Å². The number of benzene rings is 3. The van der Waals surface area contributed by atoms with Crippen molar-refractivity contribution < 1.29 is 24.2 Å². The number of nitrogens with zero attached hydrogens (tertiary/aromatic N) is 1. The molecule has 0 radical (unpaired) electrons. The van der Waals surface area contributed by atoms with Crippen LogP contribution in [0.5, 0.6) is 17.2 Å². The smallest absolute Gasteiger partial charge is 0.311 e. The van der Waals surface area contributed by atoms with E-state index in [1.807, 2.05) is 18.2 Å². The highest BCUT2D eigenvalue weighted by molar-refractivity contribution is 6.30. The van der Waals surface area contributed by atoms with Gasteiger partial charge in [0.15, 0.2) is 5.78 Å². The van der Waals surface area contributed by atoms with E-state index < -0.39 is 11.9 Å². The molecule has 0 fully saturated rings. The van der Waals surface area contributed by atoms with Crippen LogP contribution >= 0.6 is 11.6 Å². The van der Waals surface area contributed by atoms with Gasteiger partial charge in [-0.15, -0.1) is 0 Å². The van der Waals surface area contributed by atoms with Crippen LogP contribution in [0.3, 0.4) is 0 Å². The first-order valence-electron chi connectivity index (χ1n) is 9.94. The Hall–Kier alpha value is -3.82. The fourth-order valence-corrected chi connectivity index (χ4v) is 3.70. The average molecular weight is 448 g/mol. The van der Waals surface area contributed by atoms with E-state index in [1.165, 1.54) is 6.07 Å². The molecule has 0 bridgehead atoms. The van der Waals surface area contributed by atoms with Gasteiger partial charge < -0.3 is 14.6 Å². The van der Waals surface area contributed by atoms with Crippen LogP contribution in [-0.2, 0) is 11.2 Å². The van der Waals surface area contributed by atoms with E-state index in [0.717, 1.165) is 5.56 Å². The summed E-state index contributed by atoms with van der Waals surface area (Å²) in [6.45, 7) is 0.278. The molecule has 1 unspecified atom stereocenters. The lowest BCUT2D eigenvalue weighted by Gasteiger charge is -2.24. The number of hydrogen-bond acceptors (Lipinski definition) is 5. The Labute approximate surface area is 189 Å². The summed E-state index contributed by atoms with van der Waals surface area (Å²) in [6, 6.07) is 18.8. The Morgan fingerprint density at radius 1 is 1.12 bits per heavy atom. The summed E-state index contributed by atoms with van der Waals surface area (Å²) in [5, 5.41) is 19.6. The molecule has 0 aromatic heterocycles. The third-order valence-electron chi connectivity index (χ3n) is 5.25. The second-order valence-electron chi connectivity index (χ2n) is 7.38. The van der Waals surface area contributed by atoms with Crippen LogP contribution in [0.25, 0.3) is 0 Å². The zero-order valence-corrected chi connectivity index (χ0v) is 17.6. The average Bonchev–Trinajstić information content (AvgIpc) is 2.80. The zero-order chi connectivity index (χ0) is 22.7. The van der Waals surface area contributed by atoms with Crippen molar-refractivity contribution in [1.29, 1.82) is 5.26 Å². The predicted molar refractivity (Wildman–Crippen MR) is 118 cm³/mol. The lowest BCUT2D eigenvalue weighted by atomic mass is 9.91. The number of ether oxygens (including phenoxy) is 2. The van der Waals surface area contributed by atoms with E-state index in [4.69, 9.17) is 21.1 Å². The summed E-state index contributed by atoms with van der Waals surface area (Å²) in [7, 11) is 0. The van der Waals surface area contributed by atoms with Gasteiger partial charge in [-0.05, 0) is 54.4 Å². The maximum Gasteiger partial charge on any atom is 0.311 e. The van der Waals surface area contributed by atoms with E-state index in [9.17, 15) is 20.0 Å². The van der Waals surface area contributed by atoms with Crippen molar-refractivity contribution in [2.75, 3.05) is 6.61 Å². The SMILES string of the molecule is N#Cc1cc2c(cc1Oc1ccc(C(=O)Cc3ccc(Cl)cc3)cc1)OCCC2C(=O)O. The summed E-state index contributed by atoms with van der Waals surface area (Å²) in [5.74, 6) is -0.615. The quantitative estimate of drug-likeness (QED) is 0.509. The molecule has 0 aliphatic carbocycles. The first kappa shape index (κ1) is 21.4. The maximum atomic E-state index is 12.5. The van der Waals surface area contributed by atoms with Crippen molar-refractivity contribution in [3.05, 3.63) is 87.9 Å². The molecular formula is C25H18ClNO5. The molecule has 1 atom stereocenters. The molecule has 160 valence electrons. The zero-order valence-electron chi connectivity index (χ0n) is 16.9. The monoisotopic (exact) mass is 447 g/mol. The summed E-state index contributed by atoms with van der Waals surface area (Å²) in [6.07, 6.45) is 0.599. The molecule has 32 heavy (non-hydrogen) atoms. The van der Waals surface area contributed by atoms with Crippen molar-refractivity contribution >= 4 is 23.4 Å². The Bertz CT molecular complexity index is 1210. The lowest BCUT2D eigenvalue weighted by Crippen LogP contribution is -2.21. The molecule has 0 spiro atoms. The minimum Gasteiger partial charge on any atom is -0.493 e. The molecule has 0 amide bonds.